The van der Waals surface area contributed by atoms with Crippen LogP contribution in [0.25, 0.3) is 0 Å². The number of carbonyl (C=O) groups excluding carboxylic acids is 1. The van der Waals surface area contributed by atoms with E-state index in [4.69, 9.17) is 0 Å². The van der Waals surface area contributed by atoms with Gasteiger partial charge in [-0.3, -0.25) is 4.79 Å². The molecule has 0 saturated carbocycles. The van der Waals surface area contributed by atoms with Crippen LogP contribution < -0.4 is 5.32 Å². The molecule has 0 aliphatic rings. The number of rotatable bonds is 4. The van der Waals surface area contributed by atoms with Gasteiger partial charge in [0.05, 0.1) is 4.83 Å². The normalized spacial score (nSPS) is 12.7. The Morgan fingerprint density at radius 3 is 2.80 bits per heavy atom. The topological polar surface area (TPSA) is 29.1 Å². The lowest BCUT2D eigenvalue weighted by Crippen LogP contribution is -2.30. The third kappa shape index (κ3) is 5.11. The molecule has 60 valence electrons. The summed E-state index contributed by atoms with van der Waals surface area (Å²) in [7, 11) is 0. The highest BCUT2D eigenvalue weighted by molar-refractivity contribution is 9.10. The highest BCUT2D eigenvalue weighted by Crippen LogP contribution is 1.96. The smallest absolute Gasteiger partial charge is 0.233 e. The Morgan fingerprint density at radius 2 is 2.40 bits per heavy atom. The number of alkyl halides is 1. The van der Waals surface area contributed by atoms with Crippen molar-refractivity contribution in [3.63, 3.8) is 0 Å². The van der Waals surface area contributed by atoms with Gasteiger partial charge in [0.25, 0.3) is 0 Å². The van der Waals surface area contributed by atoms with Crippen molar-refractivity contribution in [1.82, 2.24) is 5.32 Å². The van der Waals surface area contributed by atoms with Crippen molar-refractivity contribution in [2.45, 2.75) is 11.8 Å². The maximum atomic E-state index is 10.9. The minimum absolute atomic E-state index is 0.0639. The van der Waals surface area contributed by atoms with Crippen LogP contribution in [-0.2, 0) is 4.79 Å². The molecule has 1 unspecified atom stereocenters. The summed E-state index contributed by atoms with van der Waals surface area (Å²) in [5.41, 5.74) is 0. The van der Waals surface area contributed by atoms with E-state index in [0.717, 1.165) is 12.3 Å². The van der Waals surface area contributed by atoms with Crippen LogP contribution in [0.1, 0.15) is 6.92 Å². The molecule has 10 heavy (non-hydrogen) atoms. The Bertz CT molecular complexity index is 108. The molecule has 0 saturated heterocycles. The molecular weight excluding hydrogens is 214 g/mol. The molecule has 1 amide bonds. The van der Waals surface area contributed by atoms with E-state index in [2.05, 4.69) is 21.2 Å². The zero-order chi connectivity index (χ0) is 7.98. The summed E-state index contributed by atoms with van der Waals surface area (Å²) >= 11 is 4.90. The first kappa shape index (κ1) is 10.3. The van der Waals surface area contributed by atoms with Crippen molar-refractivity contribution in [2.24, 2.45) is 0 Å². The molecule has 0 aromatic carbocycles. The lowest BCUT2D eigenvalue weighted by molar-refractivity contribution is -0.120. The highest BCUT2D eigenvalue weighted by Gasteiger charge is 2.05. The van der Waals surface area contributed by atoms with Gasteiger partial charge in [0, 0.05) is 12.3 Å². The molecule has 0 spiro atoms. The third-order valence-electron chi connectivity index (χ3n) is 0.967. The van der Waals surface area contributed by atoms with Gasteiger partial charge >= 0.3 is 0 Å². The SMILES string of the molecule is CSCCNC(=O)C(C)Br. The number of amides is 1. The zero-order valence-electron chi connectivity index (χ0n) is 6.19. The molecule has 2 nitrogen and oxygen atoms in total. The number of hydrogen-bond donors (Lipinski definition) is 1. The van der Waals surface area contributed by atoms with E-state index in [1.807, 2.05) is 13.2 Å². The molecule has 0 aliphatic heterocycles. The number of halogens is 1. The van der Waals surface area contributed by atoms with E-state index in [-0.39, 0.29) is 10.7 Å². The standard InChI is InChI=1S/C6H12BrNOS/c1-5(7)6(9)8-3-4-10-2/h5H,3-4H2,1-2H3,(H,8,9). The van der Waals surface area contributed by atoms with Crippen LogP contribution in [0.3, 0.4) is 0 Å². The molecule has 0 rings (SSSR count). The van der Waals surface area contributed by atoms with Crippen molar-refractivity contribution in [2.75, 3.05) is 18.6 Å². The van der Waals surface area contributed by atoms with Gasteiger partial charge in [-0.25, -0.2) is 0 Å². The molecule has 0 fully saturated rings. The molecule has 0 heterocycles. The van der Waals surface area contributed by atoms with E-state index in [1.165, 1.54) is 0 Å². The predicted molar refractivity (Wildman–Crippen MR) is 49.8 cm³/mol. The van der Waals surface area contributed by atoms with Gasteiger partial charge in [-0.05, 0) is 13.2 Å². The summed E-state index contributed by atoms with van der Waals surface area (Å²) in [6, 6.07) is 0. The van der Waals surface area contributed by atoms with E-state index in [0.29, 0.717) is 0 Å². The zero-order valence-corrected chi connectivity index (χ0v) is 8.59. The monoisotopic (exact) mass is 225 g/mol. The van der Waals surface area contributed by atoms with E-state index in [1.54, 1.807) is 11.8 Å². The third-order valence-corrected chi connectivity index (χ3v) is 1.99. The van der Waals surface area contributed by atoms with Gasteiger partial charge in [0.2, 0.25) is 5.91 Å². The number of nitrogens with one attached hydrogen (secondary N) is 1. The molecule has 4 heteroatoms. The summed E-state index contributed by atoms with van der Waals surface area (Å²) in [5.74, 6) is 1.04. The van der Waals surface area contributed by atoms with E-state index < -0.39 is 0 Å². The maximum Gasteiger partial charge on any atom is 0.233 e. The van der Waals surface area contributed by atoms with Crippen LogP contribution >= 0.6 is 27.7 Å². The van der Waals surface area contributed by atoms with Gasteiger partial charge in [0.1, 0.15) is 0 Å². The first-order valence-corrected chi connectivity index (χ1v) is 5.40. The van der Waals surface area contributed by atoms with Gasteiger partial charge in [-0.2, -0.15) is 11.8 Å². The average Bonchev–Trinajstić information content (AvgIpc) is 1.88. The quantitative estimate of drug-likeness (QED) is 0.577. The summed E-state index contributed by atoms with van der Waals surface area (Å²) < 4.78 is 0. The van der Waals surface area contributed by atoms with Crippen LogP contribution in [0.15, 0.2) is 0 Å². The van der Waals surface area contributed by atoms with E-state index >= 15 is 0 Å². The largest absolute Gasteiger partial charge is 0.354 e. The molecule has 0 aliphatic carbocycles. The van der Waals surface area contributed by atoms with E-state index in [9.17, 15) is 4.79 Å². The second-order valence-electron chi connectivity index (χ2n) is 1.90. The Labute approximate surface area is 74.3 Å². The Morgan fingerprint density at radius 1 is 1.80 bits per heavy atom. The van der Waals surface area contributed by atoms with Gasteiger partial charge in [-0.1, -0.05) is 15.9 Å². The minimum Gasteiger partial charge on any atom is -0.354 e. The molecule has 1 N–H and O–H groups in total. The fourth-order valence-electron chi connectivity index (χ4n) is 0.417. The van der Waals surface area contributed by atoms with Gasteiger partial charge in [-0.15, -0.1) is 0 Å². The molecule has 1 atom stereocenters. The first-order chi connectivity index (χ1) is 4.68. The molecule has 0 aromatic rings. The van der Waals surface area contributed by atoms with Crippen LogP contribution in [0, 0.1) is 0 Å². The van der Waals surface area contributed by atoms with Gasteiger partial charge in [0.15, 0.2) is 0 Å². The minimum atomic E-state index is -0.0747. The summed E-state index contributed by atoms with van der Waals surface area (Å²) in [6.45, 7) is 2.57. The fraction of sp³-hybridized carbons (Fsp3) is 0.833. The first-order valence-electron chi connectivity index (χ1n) is 3.09. The highest BCUT2D eigenvalue weighted by atomic mass is 79.9. The Balaban J connectivity index is 3.22. The molecule has 0 bridgehead atoms. The number of hydrogen-bond acceptors (Lipinski definition) is 2. The van der Waals surface area contributed by atoms with Crippen LogP contribution in [0.2, 0.25) is 0 Å². The molecular formula is C6H12BrNOS. The Hall–Kier alpha value is 0.300. The molecule has 0 radical (unpaired) electrons. The van der Waals surface area contributed by atoms with Crippen molar-refractivity contribution in [3.05, 3.63) is 0 Å². The average molecular weight is 226 g/mol. The van der Waals surface area contributed by atoms with Crippen molar-refractivity contribution < 1.29 is 4.79 Å². The van der Waals surface area contributed by atoms with Crippen LogP contribution in [-0.4, -0.2) is 29.3 Å². The van der Waals surface area contributed by atoms with Crippen molar-refractivity contribution in [1.29, 1.82) is 0 Å². The lowest BCUT2D eigenvalue weighted by Gasteiger charge is -2.04. The number of thioether (sulfide) groups is 1. The van der Waals surface area contributed by atoms with Crippen molar-refractivity contribution in [3.8, 4) is 0 Å². The summed E-state index contributed by atoms with van der Waals surface area (Å²) in [5, 5.41) is 2.78. The Kier molecular flexibility index (Phi) is 6.22. The lowest BCUT2D eigenvalue weighted by atomic mass is 10.4. The van der Waals surface area contributed by atoms with Crippen molar-refractivity contribution >= 4 is 33.6 Å². The fourth-order valence-corrected chi connectivity index (χ4v) is 0.885. The maximum absolute atomic E-state index is 10.9. The second-order valence-corrected chi connectivity index (χ2v) is 4.26. The summed E-state index contributed by atoms with van der Waals surface area (Å²) in [4.78, 5) is 10.8. The van der Waals surface area contributed by atoms with Crippen LogP contribution in [0.5, 0.6) is 0 Å². The van der Waals surface area contributed by atoms with Crippen LogP contribution in [0.4, 0.5) is 0 Å². The summed E-state index contributed by atoms with van der Waals surface area (Å²) in [6.07, 6.45) is 2.02. The second kappa shape index (κ2) is 6.04. The predicted octanol–water partition coefficient (Wildman–Crippen LogP) is 1.25. The molecule has 0 aromatic heterocycles. The van der Waals surface area contributed by atoms with Gasteiger partial charge < -0.3 is 5.32 Å². The number of carbonyl (C=O) groups is 1.